The molecular formula is C23H28F6N4O6S. The van der Waals surface area contributed by atoms with Crippen LogP contribution in [0.25, 0.3) is 11.3 Å². The van der Waals surface area contributed by atoms with Crippen molar-refractivity contribution < 1.29 is 54.6 Å². The summed E-state index contributed by atoms with van der Waals surface area (Å²) < 4.78 is 91.3. The highest BCUT2D eigenvalue weighted by molar-refractivity contribution is 7.88. The van der Waals surface area contributed by atoms with E-state index in [4.69, 9.17) is 24.8 Å². The first-order valence-electron chi connectivity index (χ1n) is 11.8. The van der Waals surface area contributed by atoms with Crippen molar-refractivity contribution in [1.82, 2.24) is 18.8 Å². The number of piperidine rings is 1. The molecule has 0 aliphatic carbocycles. The van der Waals surface area contributed by atoms with Gasteiger partial charge in [-0.25, -0.2) is 27.3 Å². The van der Waals surface area contributed by atoms with Gasteiger partial charge >= 0.3 is 24.3 Å². The van der Waals surface area contributed by atoms with Crippen molar-refractivity contribution in [2.24, 2.45) is 0 Å². The molecule has 0 radical (unpaired) electrons. The zero-order valence-corrected chi connectivity index (χ0v) is 22.2. The average molecular weight is 603 g/mol. The first kappa shape index (κ1) is 33.0. The molecule has 1 spiro atoms. The van der Waals surface area contributed by atoms with Crippen molar-refractivity contribution in [3.05, 3.63) is 42.4 Å². The Hall–Kier alpha value is -3.18. The van der Waals surface area contributed by atoms with E-state index in [1.54, 1.807) is 4.31 Å². The topological polar surface area (TPSA) is 133 Å². The molecule has 17 heteroatoms. The van der Waals surface area contributed by atoms with E-state index in [1.807, 2.05) is 12.3 Å². The minimum Gasteiger partial charge on any atom is -0.475 e. The van der Waals surface area contributed by atoms with Crippen LogP contribution in [0.2, 0.25) is 0 Å². The van der Waals surface area contributed by atoms with Crippen LogP contribution >= 0.6 is 0 Å². The zero-order valence-electron chi connectivity index (χ0n) is 21.4. The van der Waals surface area contributed by atoms with Gasteiger partial charge in [-0.2, -0.15) is 26.3 Å². The molecule has 10 nitrogen and oxygen atoms in total. The van der Waals surface area contributed by atoms with Crippen molar-refractivity contribution >= 4 is 22.0 Å². The minimum absolute atomic E-state index is 0.165. The molecule has 2 aliphatic rings. The van der Waals surface area contributed by atoms with Gasteiger partial charge in [0.2, 0.25) is 10.0 Å². The van der Waals surface area contributed by atoms with Crippen LogP contribution in [-0.2, 0) is 31.7 Å². The predicted molar refractivity (Wildman–Crippen MR) is 130 cm³/mol. The van der Waals surface area contributed by atoms with E-state index < -0.39 is 34.3 Å². The Morgan fingerprint density at radius 3 is 1.80 bits per heavy atom. The quantitative estimate of drug-likeness (QED) is 0.511. The summed E-state index contributed by atoms with van der Waals surface area (Å²) in [6, 6.07) is 10.4. The number of rotatable bonds is 3. The summed E-state index contributed by atoms with van der Waals surface area (Å²) in [5, 5.41) is 14.2. The van der Waals surface area contributed by atoms with Gasteiger partial charge in [-0.3, -0.25) is 4.90 Å². The second-order valence-electron chi connectivity index (χ2n) is 8.86. The summed E-state index contributed by atoms with van der Waals surface area (Å²) in [5.41, 5.74) is 2.17. The van der Waals surface area contributed by atoms with E-state index in [-0.39, 0.29) is 5.54 Å². The lowest BCUT2D eigenvalue weighted by Gasteiger charge is -2.50. The fourth-order valence-electron chi connectivity index (χ4n) is 4.58. The van der Waals surface area contributed by atoms with Crippen molar-refractivity contribution in [2.45, 2.75) is 44.2 Å². The number of carboxylic acids is 2. The number of hydrogen-bond acceptors (Lipinski definition) is 6. The van der Waals surface area contributed by atoms with Crippen molar-refractivity contribution in [3.8, 4) is 11.3 Å². The highest BCUT2D eigenvalue weighted by Gasteiger charge is 2.47. The van der Waals surface area contributed by atoms with Crippen LogP contribution in [0.1, 0.15) is 25.6 Å². The molecule has 0 saturated carbocycles. The molecule has 0 amide bonds. The number of benzene rings is 1. The monoisotopic (exact) mass is 602 g/mol. The standard InChI is InChI=1S/C19H26N4O2S.2C2HF3O2/c1-3-21-13-14-23-17(16-7-5-4-6-8-16)15-20-18(23)19(21)9-11-22(12-10-19)26(2,24)25;2*3-2(4,5)1(6)7/h4-8,15H,3,9-14H2,1-2H3;2*(H,6,7). The third kappa shape index (κ3) is 7.94. The van der Waals surface area contributed by atoms with E-state index in [2.05, 4.69) is 40.7 Å². The molecule has 4 rings (SSSR count). The van der Waals surface area contributed by atoms with Crippen LogP contribution in [0.5, 0.6) is 0 Å². The Morgan fingerprint density at radius 2 is 1.40 bits per heavy atom. The lowest BCUT2D eigenvalue weighted by Crippen LogP contribution is -2.58. The molecule has 2 aromatic rings. The number of alkyl halides is 6. The lowest BCUT2D eigenvalue weighted by atomic mass is 9.84. The number of hydrogen-bond donors (Lipinski definition) is 2. The van der Waals surface area contributed by atoms with Gasteiger partial charge in [-0.1, -0.05) is 37.3 Å². The molecule has 1 aromatic heterocycles. The molecule has 2 N–H and O–H groups in total. The number of aliphatic carboxylic acids is 2. The van der Waals surface area contributed by atoms with Gasteiger partial charge in [0.05, 0.1) is 23.7 Å². The van der Waals surface area contributed by atoms with E-state index in [1.165, 1.54) is 11.8 Å². The average Bonchev–Trinajstić information content (AvgIpc) is 3.30. The van der Waals surface area contributed by atoms with E-state index in [0.717, 1.165) is 44.0 Å². The van der Waals surface area contributed by atoms with Crippen LogP contribution in [0.4, 0.5) is 26.3 Å². The fraction of sp³-hybridized carbons (Fsp3) is 0.522. The Balaban J connectivity index is 0.000000333. The Kier molecular flexibility index (Phi) is 10.4. The van der Waals surface area contributed by atoms with Gasteiger partial charge < -0.3 is 14.8 Å². The maximum Gasteiger partial charge on any atom is 0.490 e. The van der Waals surface area contributed by atoms with Gasteiger partial charge in [0.1, 0.15) is 5.82 Å². The first-order valence-corrected chi connectivity index (χ1v) is 13.6. The molecule has 224 valence electrons. The van der Waals surface area contributed by atoms with Crippen molar-refractivity contribution in [2.75, 3.05) is 32.4 Å². The molecule has 40 heavy (non-hydrogen) atoms. The molecule has 1 saturated heterocycles. The number of nitrogens with zero attached hydrogens (tertiary/aromatic N) is 4. The summed E-state index contributed by atoms with van der Waals surface area (Å²) in [6.07, 6.45) is -5.30. The van der Waals surface area contributed by atoms with Crippen LogP contribution < -0.4 is 0 Å². The minimum atomic E-state index is -5.08. The zero-order chi connectivity index (χ0) is 30.5. The van der Waals surface area contributed by atoms with Crippen molar-refractivity contribution in [1.29, 1.82) is 0 Å². The number of aromatic nitrogens is 2. The molecule has 0 unspecified atom stereocenters. The maximum absolute atomic E-state index is 11.9. The smallest absolute Gasteiger partial charge is 0.475 e. The highest BCUT2D eigenvalue weighted by atomic mass is 32.2. The SMILES string of the molecule is CCN1CCn2c(-c3ccccc3)cnc2C12CCN(S(C)(=O)=O)CC2.O=C(O)C(F)(F)F.O=C(O)C(F)(F)F. The Bertz CT molecular complexity index is 1250. The summed E-state index contributed by atoms with van der Waals surface area (Å²) in [6.45, 7) is 6.14. The third-order valence-corrected chi connectivity index (χ3v) is 7.73. The van der Waals surface area contributed by atoms with Gasteiger partial charge in [-0.15, -0.1) is 0 Å². The van der Waals surface area contributed by atoms with E-state index >= 15 is 0 Å². The third-order valence-electron chi connectivity index (χ3n) is 6.43. The fourth-order valence-corrected chi connectivity index (χ4v) is 5.42. The highest BCUT2D eigenvalue weighted by Crippen LogP contribution is 2.42. The first-order chi connectivity index (χ1) is 18.3. The van der Waals surface area contributed by atoms with Crippen LogP contribution in [0, 0.1) is 0 Å². The number of fused-ring (bicyclic) bond motifs is 2. The Labute approximate surface area is 225 Å². The number of sulfonamides is 1. The van der Waals surface area contributed by atoms with Gasteiger partial charge in [-0.05, 0) is 24.9 Å². The van der Waals surface area contributed by atoms with Gasteiger partial charge in [0.25, 0.3) is 0 Å². The summed E-state index contributed by atoms with van der Waals surface area (Å²) in [4.78, 5) is 25.1. The van der Waals surface area contributed by atoms with Gasteiger partial charge in [0, 0.05) is 26.2 Å². The normalized spacial score (nSPS) is 17.6. The molecule has 1 aromatic carbocycles. The van der Waals surface area contributed by atoms with Crippen molar-refractivity contribution in [3.63, 3.8) is 0 Å². The molecular weight excluding hydrogens is 574 g/mol. The summed E-state index contributed by atoms with van der Waals surface area (Å²) in [7, 11) is -3.13. The van der Waals surface area contributed by atoms with Crippen LogP contribution in [-0.4, -0.2) is 94.1 Å². The van der Waals surface area contributed by atoms with Gasteiger partial charge in [0.15, 0.2) is 0 Å². The van der Waals surface area contributed by atoms with E-state index in [9.17, 15) is 34.8 Å². The summed E-state index contributed by atoms with van der Waals surface area (Å²) >= 11 is 0. The van der Waals surface area contributed by atoms with Crippen LogP contribution in [0.15, 0.2) is 36.5 Å². The largest absolute Gasteiger partial charge is 0.490 e. The van der Waals surface area contributed by atoms with E-state index in [0.29, 0.717) is 13.1 Å². The maximum atomic E-state index is 11.9. The number of likely N-dealkylation sites (N-methyl/N-ethyl adjacent to an activating group) is 1. The molecule has 0 atom stereocenters. The second kappa shape index (κ2) is 12.6. The predicted octanol–water partition coefficient (Wildman–Crippen LogP) is 3.40. The number of imidazole rings is 1. The summed E-state index contributed by atoms with van der Waals surface area (Å²) in [5.74, 6) is -4.42. The number of halogens is 6. The molecule has 1 fully saturated rings. The Morgan fingerprint density at radius 1 is 0.925 bits per heavy atom. The number of carboxylic acid groups (broad SMARTS) is 2. The van der Waals surface area contributed by atoms with Crippen LogP contribution in [0.3, 0.4) is 0 Å². The molecule has 3 heterocycles. The lowest BCUT2D eigenvalue weighted by molar-refractivity contribution is -0.193. The second-order valence-corrected chi connectivity index (χ2v) is 10.8. The molecule has 2 aliphatic heterocycles. The molecule has 0 bridgehead atoms. The number of carbonyl (C=O) groups is 2.